The van der Waals surface area contributed by atoms with Crippen LogP contribution in [0.2, 0.25) is 0 Å². The molecule has 1 aromatic carbocycles. The summed E-state index contributed by atoms with van der Waals surface area (Å²) in [6.07, 6.45) is 0. The Balaban J connectivity index is 3.13. The highest BCUT2D eigenvalue weighted by Gasteiger charge is 2.08. The van der Waals surface area contributed by atoms with Gasteiger partial charge in [0.25, 0.3) is 0 Å². The van der Waals surface area contributed by atoms with Gasteiger partial charge < -0.3 is 9.47 Å². The van der Waals surface area contributed by atoms with E-state index in [2.05, 4.69) is 0 Å². The van der Waals surface area contributed by atoms with Crippen molar-refractivity contribution in [2.24, 2.45) is 0 Å². The molecule has 0 atom stereocenters. The maximum Gasteiger partial charge on any atom is 0.140 e. The normalized spacial score (nSPS) is 9.00. The van der Waals surface area contributed by atoms with Gasteiger partial charge in [0.05, 0.1) is 13.7 Å². The van der Waals surface area contributed by atoms with E-state index in [-0.39, 0.29) is 0 Å². The van der Waals surface area contributed by atoms with Gasteiger partial charge >= 0.3 is 0 Å². The second kappa shape index (κ2) is 4.36. The molecule has 0 aliphatic carbocycles. The third-order valence-corrected chi connectivity index (χ3v) is 1.62. The van der Waals surface area contributed by atoms with Crippen molar-refractivity contribution >= 4 is 0 Å². The summed E-state index contributed by atoms with van der Waals surface area (Å²) < 4.78 is 10.3. The van der Waals surface area contributed by atoms with Crippen LogP contribution in [0.25, 0.3) is 0 Å². The van der Waals surface area contributed by atoms with Crippen LogP contribution in [-0.4, -0.2) is 13.7 Å². The standard InChI is InChI=1S/C10H11NO2/c1-3-13-10-6-4-5-9(12-2)8(10)7-11/h4-6H,3H2,1-2H3. The molecule has 0 saturated carbocycles. The van der Waals surface area contributed by atoms with Crippen LogP contribution in [0.4, 0.5) is 0 Å². The highest BCUT2D eigenvalue weighted by atomic mass is 16.5. The number of nitrogens with zero attached hydrogens (tertiary/aromatic N) is 1. The Morgan fingerprint density at radius 1 is 1.38 bits per heavy atom. The van der Waals surface area contributed by atoms with Crippen LogP contribution in [0, 0.1) is 11.3 Å². The fourth-order valence-corrected chi connectivity index (χ4v) is 1.07. The molecule has 1 rings (SSSR count). The van der Waals surface area contributed by atoms with Crippen molar-refractivity contribution in [2.45, 2.75) is 6.92 Å². The molecule has 0 unspecified atom stereocenters. The molecule has 0 N–H and O–H groups in total. The largest absolute Gasteiger partial charge is 0.495 e. The summed E-state index contributed by atoms with van der Waals surface area (Å²) in [4.78, 5) is 0. The van der Waals surface area contributed by atoms with Crippen LogP contribution in [-0.2, 0) is 0 Å². The third kappa shape index (κ3) is 1.91. The van der Waals surface area contributed by atoms with E-state index in [4.69, 9.17) is 14.7 Å². The van der Waals surface area contributed by atoms with Crippen molar-refractivity contribution < 1.29 is 9.47 Å². The molecule has 0 bridgehead atoms. The van der Waals surface area contributed by atoms with E-state index in [1.54, 1.807) is 18.2 Å². The summed E-state index contributed by atoms with van der Waals surface area (Å²) in [5, 5.41) is 8.85. The minimum absolute atomic E-state index is 0.451. The molecule has 3 nitrogen and oxygen atoms in total. The van der Waals surface area contributed by atoms with Gasteiger partial charge in [-0.2, -0.15) is 5.26 Å². The molecule has 13 heavy (non-hydrogen) atoms. The first-order valence-corrected chi connectivity index (χ1v) is 4.03. The van der Waals surface area contributed by atoms with Gasteiger partial charge in [0.1, 0.15) is 23.1 Å². The van der Waals surface area contributed by atoms with Gasteiger partial charge in [0.2, 0.25) is 0 Å². The fourth-order valence-electron chi connectivity index (χ4n) is 1.07. The maximum absolute atomic E-state index is 8.85. The van der Waals surface area contributed by atoms with Crippen LogP contribution >= 0.6 is 0 Å². The molecule has 0 aliphatic rings. The van der Waals surface area contributed by atoms with E-state index >= 15 is 0 Å². The quantitative estimate of drug-likeness (QED) is 0.708. The summed E-state index contributed by atoms with van der Waals surface area (Å²) in [5.74, 6) is 1.12. The number of benzene rings is 1. The predicted molar refractivity (Wildman–Crippen MR) is 48.9 cm³/mol. The first-order valence-electron chi connectivity index (χ1n) is 4.03. The van der Waals surface area contributed by atoms with Gasteiger partial charge in [-0.05, 0) is 19.1 Å². The van der Waals surface area contributed by atoms with Gasteiger partial charge in [0, 0.05) is 0 Å². The predicted octanol–water partition coefficient (Wildman–Crippen LogP) is 1.97. The summed E-state index contributed by atoms with van der Waals surface area (Å²) in [7, 11) is 1.53. The number of hydrogen-bond donors (Lipinski definition) is 0. The Labute approximate surface area is 77.5 Å². The Bertz CT molecular complexity index is 328. The first kappa shape index (κ1) is 9.40. The molecule has 0 amide bonds. The molecule has 0 heterocycles. The van der Waals surface area contributed by atoms with Crippen molar-refractivity contribution in [2.75, 3.05) is 13.7 Å². The highest BCUT2D eigenvalue weighted by molar-refractivity contribution is 5.52. The van der Waals surface area contributed by atoms with Gasteiger partial charge in [-0.1, -0.05) is 6.07 Å². The van der Waals surface area contributed by atoms with E-state index in [9.17, 15) is 0 Å². The van der Waals surface area contributed by atoms with Crippen LogP contribution in [0.15, 0.2) is 18.2 Å². The van der Waals surface area contributed by atoms with Crippen LogP contribution < -0.4 is 9.47 Å². The Morgan fingerprint density at radius 2 is 2.08 bits per heavy atom. The average Bonchev–Trinajstić information content (AvgIpc) is 2.18. The van der Waals surface area contributed by atoms with E-state index in [1.165, 1.54) is 7.11 Å². The topological polar surface area (TPSA) is 42.2 Å². The lowest BCUT2D eigenvalue weighted by molar-refractivity contribution is 0.335. The Morgan fingerprint density at radius 3 is 2.62 bits per heavy atom. The van der Waals surface area contributed by atoms with Crippen molar-refractivity contribution in [3.05, 3.63) is 23.8 Å². The van der Waals surface area contributed by atoms with Crippen LogP contribution in [0.5, 0.6) is 11.5 Å². The zero-order valence-electron chi connectivity index (χ0n) is 7.70. The van der Waals surface area contributed by atoms with Gasteiger partial charge in [-0.25, -0.2) is 0 Å². The number of rotatable bonds is 3. The smallest absolute Gasteiger partial charge is 0.140 e. The summed E-state index contributed by atoms with van der Waals surface area (Å²) in [5.41, 5.74) is 0.451. The lowest BCUT2D eigenvalue weighted by atomic mass is 10.2. The van der Waals surface area contributed by atoms with Crippen LogP contribution in [0.3, 0.4) is 0 Å². The lowest BCUT2D eigenvalue weighted by Gasteiger charge is -2.07. The molecule has 0 spiro atoms. The second-order valence-corrected chi connectivity index (χ2v) is 2.38. The lowest BCUT2D eigenvalue weighted by Crippen LogP contribution is -1.96. The van der Waals surface area contributed by atoms with E-state index in [1.807, 2.05) is 13.0 Å². The van der Waals surface area contributed by atoms with Gasteiger partial charge in [-0.3, -0.25) is 0 Å². The molecular formula is C10H11NO2. The zero-order valence-corrected chi connectivity index (χ0v) is 7.70. The summed E-state index contributed by atoms with van der Waals surface area (Å²) in [6, 6.07) is 7.34. The summed E-state index contributed by atoms with van der Waals surface area (Å²) >= 11 is 0. The highest BCUT2D eigenvalue weighted by Crippen LogP contribution is 2.26. The number of hydrogen-bond acceptors (Lipinski definition) is 3. The molecular weight excluding hydrogens is 166 g/mol. The van der Waals surface area contributed by atoms with Gasteiger partial charge in [0.15, 0.2) is 0 Å². The van der Waals surface area contributed by atoms with E-state index in [0.29, 0.717) is 23.7 Å². The molecule has 1 aromatic rings. The SMILES string of the molecule is CCOc1cccc(OC)c1C#N. The molecule has 68 valence electrons. The maximum atomic E-state index is 8.85. The Hall–Kier alpha value is -1.69. The summed E-state index contributed by atoms with van der Waals surface area (Å²) in [6.45, 7) is 2.42. The molecule has 0 radical (unpaired) electrons. The third-order valence-electron chi connectivity index (χ3n) is 1.62. The van der Waals surface area contributed by atoms with E-state index < -0.39 is 0 Å². The van der Waals surface area contributed by atoms with E-state index in [0.717, 1.165) is 0 Å². The zero-order chi connectivity index (χ0) is 9.68. The number of ether oxygens (including phenoxy) is 2. The molecule has 3 heteroatoms. The first-order chi connectivity index (χ1) is 6.33. The molecule has 0 aliphatic heterocycles. The van der Waals surface area contributed by atoms with Crippen molar-refractivity contribution in [3.8, 4) is 17.6 Å². The number of methoxy groups -OCH3 is 1. The number of nitriles is 1. The Kier molecular flexibility index (Phi) is 3.15. The fraction of sp³-hybridized carbons (Fsp3) is 0.300. The minimum atomic E-state index is 0.451. The second-order valence-electron chi connectivity index (χ2n) is 2.38. The monoisotopic (exact) mass is 177 g/mol. The molecule has 0 fully saturated rings. The molecule has 0 saturated heterocycles. The van der Waals surface area contributed by atoms with Crippen molar-refractivity contribution in [3.63, 3.8) is 0 Å². The van der Waals surface area contributed by atoms with Crippen molar-refractivity contribution in [1.29, 1.82) is 5.26 Å². The van der Waals surface area contributed by atoms with Crippen LogP contribution in [0.1, 0.15) is 12.5 Å². The molecule has 0 aromatic heterocycles. The average molecular weight is 177 g/mol. The van der Waals surface area contributed by atoms with Crippen molar-refractivity contribution in [1.82, 2.24) is 0 Å². The van der Waals surface area contributed by atoms with Gasteiger partial charge in [-0.15, -0.1) is 0 Å². The minimum Gasteiger partial charge on any atom is -0.495 e.